The van der Waals surface area contributed by atoms with Crippen LogP contribution in [0, 0.1) is 0 Å². The van der Waals surface area contributed by atoms with Crippen LogP contribution >= 0.6 is 46.2 Å². The molecule has 4 rings (SSSR count). The zero-order valence-electron chi connectivity index (χ0n) is 19.9. The number of anilines is 1. The van der Waals surface area contributed by atoms with Gasteiger partial charge in [-0.3, -0.25) is 19.3 Å². The lowest BCUT2D eigenvalue weighted by Crippen LogP contribution is -2.71. The molecule has 15 nitrogen and oxygen atoms in total. The van der Waals surface area contributed by atoms with E-state index in [2.05, 4.69) is 31.0 Å². The molecular weight excluding hydrogens is 595 g/mol. The quantitative estimate of drug-likeness (QED) is 0.0699. The van der Waals surface area contributed by atoms with E-state index in [1.54, 1.807) is 12.4 Å². The summed E-state index contributed by atoms with van der Waals surface area (Å²) in [6, 6.07) is -1.05. The number of ether oxygens (including phenoxy) is 1. The van der Waals surface area contributed by atoms with Gasteiger partial charge in [-0.25, -0.2) is 14.6 Å². The first-order chi connectivity index (χ1) is 18.8. The smallest absolute Gasteiger partial charge is 0.352 e. The van der Waals surface area contributed by atoms with Crippen molar-refractivity contribution in [2.45, 2.75) is 22.7 Å². The van der Waals surface area contributed by atoms with E-state index in [9.17, 15) is 29.1 Å². The van der Waals surface area contributed by atoms with Crippen molar-refractivity contribution in [1.82, 2.24) is 25.4 Å². The Balaban J connectivity index is 1.49. The highest BCUT2D eigenvalue weighted by Crippen LogP contribution is 2.41. The molecule has 0 saturated carbocycles. The predicted octanol–water partition coefficient (Wildman–Crippen LogP) is 0.378. The molecule has 4 heterocycles. The lowest BCUT2D eigenvalue weighted by molar-refractivity contribution is -0.150. The number of carbonyl (C=O) groups is 5. The normalized spacial score (nSPS) is 18.6. The van der Waals surface area contributed by atoms with Gasteiger partial charge in [-0.1, -0.05) is 28.3 Å². The maximum Gasteiger partial charge on any atom is 0.352 e. The van der Waals surface area contributed by atoms with Gasteiger partial charge in [-0.2, -0.15) is 0 Å². The average Bonchev–Trinajstić information content (AvgIpc) is 3.60. The highest BCUT2D eigenvalue weighted by atomic mass is 32.2. The molecule has 19 heteroatoms. The molecular formula is C20H19N7O8S4. The first-order valence-corrected chi connectivity index (χ1v) is 14.7. The molecule has 0 bridgehead atoms. The highest BCUT2D eigenvalue weighted by Gasteiger charge is 2.54. The highest BCUT2D eigenvalue weighted by molar-refractivity contribution is 8.01. The van der Waals surface area contributed by atoms with Crippen molar-refractivity contribution in [3.05, 3.63) is 27.9 Å². The van der Waals surface area contributed by atoms with Gasteiger partial charge in [-0.05, 0) is 12.5 Å². The van der Waals surface area contributed by atoms with Gasteiger partial charge in [0, 0.05) is 16.9 Å². The van der Waals surface area contributed by atoms with Crippen LogP contribution in [0.5, 0.6) is 0 Å². The van der Waals surface area contributed by atoms with Crippen molar-refractivity contribution in [2.75, 3.05) is 30.0 Å². The zero-order chi connectivity index (χ0) is 27.9. The van der Waals surface area contributed by atoms with E-state index in [1.165, 1.54) is 40.2 Å². The number of amides is 3. The second-order valence-corrected chi connectivity index (χ2v) is 11.4. The lowest BCUT2D eigenvalue weighted by atomic mass is 10.0. The number of nitrogens with one attached hydrogen (secondary N) is 2. The number of hydrogen-bond acceptors (Lipinski definition) is 15. The summed E-state index contributed by atoms with van der Waals surface area (Å²) in [7, 11) is 0. The number of β-lactam (4-membered cyclic amide) rings is 1. The van der Waals surface area contributed by atoms with Gasteiger partial charge in [0.05, 0.1) is 6.61 Å². The van der Waals surface area contributed by atoms with Gasteiger partial charge >= 0.3 is 11.9 Å². The molecule has 3 N–H and O–H groups in total. The second-order valence-electron chi connectivity index (χ2n) is 7.43. The molecule has 1 saturated heterocycles. The number of aliphatic carboxylic acids is 1. The van der Waals surface area contributed by atoms with Crippen LogP contribution in [0.2, 0.25) is 0 Å². The number of thioether (sulfide) groups is 2. The number of carboxylic acids is 1. The molecule has 2 aliphatic heterocycles. The van der Waals surface area contributed by atoms with E-state index in [0.29, 0.717) is 27.8 Å². The molecule has 1 unspecified atom stereocenters. The van der Waals surface area contributed by atoms with Crippen molar-refractivity contribution >= 4 is 87.2 Å². The number of aromatic nitrogens is 3. The van der Waals surface area contributed by atoms with E-state index in [-0.39, 0.29) is 28.8 Å². The number of rotatable bonds is 13. The minimum Gasteiger partial charge on any atom is -0.477 e. The van der Waals surface area contributed by atoms with Crippen molar-refractivity contribution in [3.8, 4) is 0 Å². The van der Waals surface area contributed by atoms with E-state index >= 15 is 0 Å². The Kier molecular flexibility index (Phi) is 9.49. The maximum absolute atomic E-state index is 13.2. The van der Waals surface area contributed by atoms with Crippen molar-refractivity contribution in [3.63, 3.8) is 0 Å². The predicted molar refractivity (Wildman–Crippen MR) is 141 cm³/mol. The van der Waals surface area contributed by atoms with Crippen LogP contribution in [-0.4, -0.2) is 97.2 Å². The number of hydrogen-bond donors (Lipinski definition) is 3. The molecule has 2 aromatic rings. The lowest BCUT2D eigenvalue weighted by Gasteiger charge is -2.49. The summed E-state index contributed by atoms with van der Waals surface area (Å²) in [4.78, 5) is 70.8. The average molecular weight is 614 g/mol. The van der Waals surface area contributed by atoms with Crippen LogP contribution in [0.1, 0.15) is 12.6 Å². The molecule has 0 radical (unpaired) electrons. The number of fused-ring (bicyclic) bond motifs is 1. The Hall–Kier alpha value is -3.55. The van der Waals surface area contributed by atoms with Crippen molar-refractivity contribution in [2.24, 2.45) is 5.16 Å². The van der Waals surface area contributed by atoms with E-state index in [4.69, 9.17) is 9.57 Å². The molecule has 2 atom stereocenters. The number of carbonyl (C=O) groups excluding carboxylic acids is 4. The van der Waals surface area contributed by atoms with Gasteiger partial charge in [0.15, 0.2) is 15.2 Å². The summed E-state index contributed by atoms with van der Waals surface area (Å²) in [6.07, 6.45) is 0.410. The summed E-state index contributed by atoms with van der Waals surface area (Å²) >= 11 is 4.96. The van der Waals surface area contributed by atoms with E-state index in [0.717, 1.165) is 16.2 Å². The Bertz CT molecular complexity index is 1330. The minimum atomic E-state index is -1.25. The third kappa shape index (κ3) is 6.54. The molecule has 206 valence electrons. The van der Waals surface area contributed by atoms with Crippen LogP contribution < -0.4 is 10.6 Å². The first-order valence-electron chi connectivity index (χ1n) is 11.0. The molecule has 0 spiro atoms. The molecule has 3 amide bonds. The molecule has 2 aliphatic rings. The standard InChI is InChI=1S/C20H19N7O8S4/c1-2-34-11(29)3-35-26-12(10-6-37-19(23-10)21-7-28)15(30)24-13-16(31)27-14(18(32)33)9(4-36-17(13)27)5-38-20-25-22-8-39-20/h6-8,13,17H,2-5H2,1H3,(H,24,30)(H,32,33)(H,21,23,28)/b26-12-/t13?,17-/m1/s1. The van der Waals surface area contributed by atoms with Crippen LogP contribution in [0.15, 0.2) is 31.7 Å². The number of esters is 1. The molecule has 1 fully saturated rings. The first kappa shape index (κ1) is 28.5. The van der Waals surface area contributed by atoms with Crippen molar-refractivity contribution in [1.29, 1.82) is 0 Å². The van der Waals surface area contributed by atoms with Gasteiger partial charge in [0.25, 0.3) is 11.8 Å². The van der Waals surface area contributed by atoms with Crippen molar-refractivity contribution < 1.29 is 38.7 Å². The third-order valence-electron chi connectivity index (χ3n) is 5.03. The fourth-order valence-electron chi connectivity index (χ4n) is 3.43. The summed E-state index contributed by atoms with van der Waals surface area (Å²) in [6.45, 7) is 1.17. The third-order valence-corrected chi connectivity index (χ3v) is 9.09. The number of oxime groups is 1. The fourth-order valence-corrected chi connectivity index (χ4v) is 7.06. The largest absolute Gasteiger partial charge is 0.477 e. The summed E-state index contributed by atoms with van der Waals surface area (Å²) < 4.78 is 5.43. The van der Waals surface area contributed by atoms with Crippen LogP contribution in [0.25, 0.3) is 0 Å². The summed E-state index contributed by atoms with van der Waals surface area (Å²) in [5.41, 5.74) is 1.66. The van der Waals surface area contributed by atoms with Gasteiger partial charge in [0.2, 0.25) is 13.0 Å². The Morgan fingerprint density at radius 3 is 2.87 bits per heavy atom. The maximum atomic E-state index is 13.2. The Morgan fingerprint density at radius 1 is 1.36 bits per heavy atom. The molecule has 2 aromatic heterocycles. The molecule has 0 aliphatic carbocycles. The SMILES string of the molecule is CCOC(=O)CO/N=C(\C(=O)NC1C(=O)N2C(C(=O)O)=C(CSc3nncs3)CS[C@H]12)c1csc(NC=O)n1. The second kappa shape index (κ2) is 13.0. The molecule has 39 heavy (non-hydrogen) atoms. The van der Waals surface area contributed by atoms with E-state index in [1.807, 2.05) is 0 Å². The van der Waals surface area contributed by atoms with Gasteiger partial charge < -0.3 is 25.3 Å². The van der Waals surface area contributed by atoms with Crippen LogP contribution in [0.3, 0.4) is 0 Å². The fraction of sp³-hybridized carbons (Fsp3) is 0.350. The summed E-state index contributed by atoms with van der Waals surface area (Å²) in [5.74, 6) is -2.78. The minimum absolute atomic E-state index is 0.0211. The Labute approximate surface area is 236 Å². The Morgan fingerprint density at radius 2 is 2.18 bits per heavy atom. The topological polar surface area (TPSA) is 202 Å². The monoisotopic (exact) mass is 613 g/mol. The van der Waals surface area contributed by atoms with Crippen LogP contribution in [0.4, 0.5) is 5.13 Å². The van der Waals surface area contributed by atoms with Gasteiger partial charge in [-0.15, -0.1) is 33.3 Å². The van der Waals surface area contributed by atoms with Crippen LogP contribution in [-0.2, 0) is 33.5 Å². The number of thiazole rings is 1. The zero-order valence-corrected chi connectivity index (χ0v) is 23.2. The van der Waals surface area contributed by atoms with Gasteiger partial charge in [0.1, 0.15) is 28.3 Å². The summed E-state index contributed by atoms with van der Waals surface area (Å²) in [5, 5.41) is 27.1. The number of carboxylic acid groups (broad SMARTS) is 1. The molecule has 0 aromatic carbocycles. The van der Waals surface area contributed by atoms with E-state index < -0.39 is 41.8 Å². The number of nitrogens with zero attached hydrogens (tertiary/aromatic N) is 5.